The minimum Gasteiger partial charge on any atom is -0.466 e. The van der Waals surface area contributed by atoms with Gasteiger partial charge in [-0.2, -0.15) is 0 Å². The molecule has 4 rings (SSSR count). The maximum Gasteiger partial charge on any atom is 0.311 e. The highest BCUT2D eigenvalue weighted by atomic mass is 16.5. The van der Waals surface area contributed by atoms with Gasteiger partial charge in [0.1, 0.15) is 12.6 Å². The Morgan fingerprint density at radius 1 is 0.971 bits per heavy atom. The van der Waals surface area contributed by atoms with E-state index in [4.69, 9.17) is 4.74 Å². The van der Waals surface area contributed by atoms with Crippen molar-refractivity contribution in [1.29, 1.82) is 0 Å². The van der Waals surface area contributed by atoms with Crippen LogP contribution in [0.2, 0.25) is 0 Å². The minimum absolute atomic E-state index is 0.0380. The fraction of sp³-hybridized carbons (Fsp3) is 0.710. The molecule has 0 spiro atoms. The Labute approximate surface area is 211 Å². The molecule has 0 saturated heterocycles. The summed E-state index contributed by atoms with van der Waals surface area (Å²) >= 11 is 0. The standard InChI is InChI=1S/C31H44O4/c1-8-35-26(34)28(4)12-11-27(3)13-15-30(6)24-19-21(2)22(9-17-32)23(10-18-33)29(24,5)14-16-31(30,7)25(27)20-28/h9-10,17-19,21,25H,8,11-16,20H2,1-7H3/b22-9-,23-10+/t21?,25-,27-,28-,29+,30-,31+/m1/s1. The molecule has 4 aliphatic rings. The van der Waals surface area contributed by atoms with E-state index in [0.29, 0.717) is 12.5 Å². The Morgan fingerprint density at radius 3 is 2.26 bits per heavy atom. The average molecular weight is 481 g/mol. The molecule has 0 aromatic heterocycles. The van der Waals surface area contributed by atoms with Crippen LogP contribution in [0.1, 0.15) is 93.4 Å². The Balaban J connectivity index is 1.84. The molecule has 0 aromatic carbocycles. The number of hydrogen-bond acceptors (Lipinski definition) is 4. The van der Waals surface area contributed by atoms with Crippen molar-refractivity contribution in [3.05, 3.63) is 34.9 Å². The number of esters is 1. The molecule has 4 aliphatic carbocycles. The predicted octanol–water partition coefficient (Wildman–Crippen LogP) is 6.80. The second-order valence-electron chi connectivity index (χ2n) is 13.1. The highest BCUT2D eigenvalue weighted by molar-refractivity contribution is 5.77. The number of aldehydes is 2. The van der Waals surface area contributed by atoms with E-state index < -0.39 is 5.41 Å². The Kier molecular flexibility index (Phi) is 6.38. The molecule has 3 fully saturated rings. The van der Waals surface area contributed by atoms with E-state index in [-0.39, 0.29) is 33.5 Å². The SMILES string of the molecule is CCOC(=O)[C@]1(C)CC[C@]2(C)CC[C@]3(C)C4=CC(C)C(=C/C=O)/C(=C\C=O)[C@]4(C)CC[C@@]3(C)[C@@H]2C1. The van der Waals surface area contributed by atoms with E-state index in [1.54, 1.807) is 12.2 Å². The second kappa shape index (κ2) is 8.56. The lowest BCUT2D eigenvalue weighted by molar-refractivity contribution is -0.182. The molecule has 0 heterocycles. The largest absolute Gasteiger partial charge is 0.466 e. The van der Waals surface area contributed by atoms with Gasteiger partial charge in [0, 0.05) is 5.41 Å². The van der Waals surface area contributed by atoms with Gasteiger partial charge in [-0.05, 0) is 110 Å². The first kappa shape index (κ1) is 26.1. The molecular weight excluding hydrogens is 436 g/mol. The van der Waals surface area contributed by atoms with Crippen LogP contribution >= 0.6 is 0 Å². The molecule has 0 N–H and O–H groups in total. The fourth-order valence-electron chi connectivity index (χ4n) is 8.88. The summed E-state index contributed by atoms with van der Waals surface area (Å²) in [7, 11) is 0. The summed E-state index contributed by atoms with van der Waals surface area (Å²) in [5, 5.41) is 0. The summed E-state index contributed by atoms with van der Waals surface area (Å²) in [4.78, 5) is 36.3. The van der Waals surface area contributed by atoms with Gasteiger partial charge in [0.25, 0.3) is 0 Å². The van der Waals surface area contributed by atoms with Gasteiger partial charge in [0.05, 0.1) is 12.0 Å². The van der Waals surface area contributed by atoms with Gasteiger partial charge >= 0.3 is 5.97 Å². The predicted molar refractivity (Wildman–Crippen MR) is 139 cm³/mol. The Hall–Kier alpha value is -1.97. The number of ether oxygens (including phenoxy) is 1. The van der Waals surface area contributed by atoms with E-state index in [0.717, 1.165) is 68.7 Å². The molecule has 0 amide bonds. The van der Waals surface area contributed by atoms with E-state index in [2.05, 4.69) is 47.6 Å². The number of carbonyl (C=O) groups excluding carboxylic acids is 3. The van der Waals surface area contributed by atoms with Crippen molar-refractivity contribution in [2.75, 3.05) is 6.61 Å². The van der Waals surface area contributed by atoms with Crippen LogP contribution in [0.25, 0.3) is 0 Å². The lowest BCUT2D eigenvalue weighted by Crippen LogP contribution is -2.62. The van der Waals surface area contributed by atoms with Gasteiger partial charge in [-0.15, -0.1) is 0 Å². The zero-order valence-corrected chi connectivity index (χ0v) is 22.8. The Bertz CT molecular complexity index is 1020. The van der Waals surface area contributed by atoms with Crippen molar-refractivity contribution < 1.29 is 19.1 Å². The summed E-state index contributed by atoms with van der Waals surface area (Å²) in [6.45, 7) is 16.3. The molecule has 192 valence electrons. The van der Waals surface area contributed by atoms with Crippen LogP contribution in [-0.4, -0.2) is 25.1 Å². The molecule has 0 radical (unpaired) electrons. The molecule has 1 unspecified atom stereocenters. The van der Waals surface area contributed by atoms with Gasteiger partial charge in [0.15, 0.2) is 0 Å². The maximum absolute atomic E-state index is 13.1. The third-order valence-corrected chi connectivity index (χ3v) is 11.4. The van der Waals surface area contributed by atoms with Crippen LogP contribution in [-0.2, 0) is 19.1 Å². The summed E-state index contributed by atoms with van der Waals surface area (Å²) < 4.78 is 5.56. The minimum atomic E-state index is -0.432. The molecule has 4 heteroatoms. The van der Waals surface area contributed by atoms with Gasteiger partial charge < -0.3 is 4.74 Å². The van der Waals surface area contributed by atoms with Crippen molar-refractivity contribution in [1.82, 2.24) is 0 Å². The van der Waals surface area contributed by atoms with Crippen LogP contribution < -0.4 is 0 Å². The molecule has 35 heavy (non-hydrogen) atoms. The molecule has 7 atom stereocenters. The Morgan fingerprint density at radius 2 is 1.63 bits per heavy atom. The van der Waals surface area contributed by atoms with Crippen molar-refractivity contribution in [2.45, 2.75) is 93.4 Å². The highest BCUT2D eigenvalue weighted by Crippen LogP contribution is 2.75. The van der Waals surface area contributed by atoms with Crippen LogP contribution in [0.15, 0.2) is 34.9 Å². The number of rotatable bonds is 4. The molecule has 0 bridgehead atoms. The lowest BCUT2D eigenvalue weighted by Gasteiger charge is -2.70. The van der Waals surface area contributed by atoms with Gasteiger partial charge in [-0.1, -0.05) is 46.3 Å². The quantitative estimate of drug-likeness (QED) is 0.192. The van der Waals surface area contributed by atoms with Crippen molar-refractivity contribution in [2.24, 2.45) is 38.9 Å². The summed E-state index contributed by atoms with van der Waals surface area (Å²) in [6, 6.07) is 0. The highest BCUT2D eigenvalue weighted by Gasteiger charge is 2.67. The van der Waals surface area contributed by atoms with E-state index in [1.165, 1.54) is 5.57 Å². The smallest absolute Gasteiger partial charge is 0.311 e. The summed E-state index contributed by atoms with van der Waals surface area (Å²) in [5.41, 5.74) is 2.95. The number of hydrogen-bond donors (Lipinski definition) is 0. The molecule has 3 saturated carbocycles. The van der Waals surface area contributed by atoms with Crippen molar-refractivity contribution in [3.63, 3.8) is 0 Å². The van der Waals surface area contributed by atoms with E-state index in [1.807, 2.05) is 6.92 Å². The first-order valence-electron chi connectivity index (χ1n) is 13.6. The van der Waals surface area contributed by atoms with Crippen LogP contribution in [0.3, 0.4) is 0 Å². The van der Waals surface area contributed by atoms with Crippen LogP contribution in [0.4, 0.5) is 0 Å². The number of carbonyl (C=O) groups is 3. The molecule has 4 nitrogen and oxygen atoms in total. The number of fused-ring (bicyclic) bond motifs is 5. The van der Waals surface area contributed by atoms with Gasteiger partial charge in [-0.3, -0.25) is 14.4 Å². The molecule has 0 aliphatic heterocycles. The molecule has 0 aromatic rings. The normalized spacial score (nSPS) is 47.2. The van der Waals surface area contributed by atoms with E-state index in [9.17, 15) is 14.4 Å². The van der Waals surface area contributed by atoms with Crippen LogP contribution in [0, 0.1) is 38.9 Å². The van der Waals surface area contributed by atoms with Gasteiger partial charge in [-0.25, -0.2) is 0 Å². The third-order valence-electron chi connectivity index (χ3n) is 11.4. The van der Waals surface area contributed by atoms with Crippen molar-refractivity contribution >= 4 is 18.5 Å². The fourth-order valence-corrected chi connectivity index (χ4v) is 8.88. The zero-order valence-electron chi connectivity index (χ0n) is 22.8. The summed E-state index contributed by atoms with van der Waals surface area (Å²) in [5.74, 6) is 0.463. The third kappa shape index (κ3) is 3.56. The average Bonchev–Trinajstić information content (AvgIpc) is 2.81. The summed E-state index contributed by atoms with van der Waals surface area (Å²) in [6.07, 6.45) is 14.6. The van der Waals surface area contributed by atoms with Gasteiger partial charge in [0.2, 0.25) is 0 Å². The second-order valence-corrected chi connectivity index (χ2v) is 13.1. The monoisotopic (exact) mass is 480 g/mol. The lowest BCUT2D eigenvalue weighted by atomic mass is 9.34. The first-order valence-corrected chi connectivity index (χ1v) is 13.6. The number of allylic oxidation sites excluding steroid dienone is 6. The zero-order chi connectivity index (χ0) is 25.9. The van der Waals surface area contributed by atoms with Crippen molar-refractivity contribution in [3.8, 4) is 0 Å². The van der Waals surface area contributed by atoms with E-state index >= 15 is 0 Å². The topological polar surface area (TPSA) is 60.4 Å². The molecular formula is C31H44O4. The maximum atomic E-state index is 13.1. The van der Waals surface area contributed by atoms with Crippen LogP contribution in [0.5, 0.6) is 0 Å². The first-order chi connectivity index (χ1) is 16.3.